The first kappa shape index (κ1) is 9.46. The van der Waals surface area contributed by atoms with Crippen LogP contribution in [0.4, 0.5) is 0 Å². The summed E-state index contributed by atoms with van der Waals surface area (Å²) in [5.74, 6) is 0.913. The van der Waals surface area contributed by atoms with E-state index in [2.05, 4.69) is 23.1 Å². The Morgan fingerprint density at radius 2 is 2.07 bits per heavy atom. The molecule has 3 heteroatoms. The van der Waals surface area contributed by atoms with E-state index in [9.17, 15) is 0 Å². The summed E-state index contributed by atoms with van der Waals surface area (Å²) in [4.78, 5) is 8.86. The van der Waals surface area contributed by atoms with Crippen LogP contribution >= 0.6 is 11.8 Å². The smallest absolute Gasteiger partial charge is 0.141 e. The molecular formula is C11H12N2S. The minimum atomic E-state index is 0.361. The summed E-state index contributed by atoms with van der Waals surface area (Å²) in [6, 6.07) is 8.06. The van der Waals surface area contributed by atoms with Crippen molar-refractivity contribution in [1.29, 1.82) is 0 Å². The number of fused-ring (bicyclic) bond motifs is 1. The second-order valence-corrected chi connectivity index (χ2v) is 4.34. The number of thioether (sulfide) groups is 1. The summed E-state index contributed by atoms with van der Waals surface area (Å²) >= 11 is 1.76. The van der Waals surface area contributed by atoms with Crippen LogP contribution in [0.2, 0.25) is 0 Å². The van der Waals surface area contributed by atoms with E-state index in [1.807, 2.05) is 30.5 Å². The number of nitrogens with zero attached hydrogens (tertiary/aromatic N) is 2. The zero-order chi connectivity index (χ0) is 9.97. The topological polar surface area (TPSA) is 25.8 Å². The highest BCUT2D eigenvalue weighted by Gasteiger charge is 2.06. The quantitative estimate of drug-likeness (QED) is 0.752. The van der Waals surface area contributed by atoms with Crippen LogP contribution in [0.25, 0.3) is 10.9 Å². The second kappa shape index (κ2) is 3.96. The fourth-order valence-corrected chi connectivity index (χ4v) is 1.61. The molecular weight excluding hydrogens is 192 g/mol. The van der Waals surface area contributed by atoms with E-state index >= 15 is 0 Å². The van der Waals surface area contributed by atoms with Crippen molar-refractivity contribution in [2.45, 2.75) is 12.2 Å². The molecule has 0 N–H and O–H groups in total. The number of hydrogen-bond donors (Lipinski definition) is 0. The minimum Gasteiger partial charge on any atom is -0.240 e. The van der Waals surface area contributed by atoms with Gasteiger partial charge < -0.3 is 0 Å². The summed E-state index contributed by atoms with van der Waals surface area (Å²) in [6.07, 6.45) is 3.97. The normalized spacial score (nSPS) is 13.0. The summed E-state index contributed by atoms with van der Waals surface area (Å²) < 4.78 is 0. The van der Waals surface area contributed by atoms with Crippen molar-refractivity contribution < 1.29 is 0 Å². The number of benzene rings is 1. The number of aromatic nitrogens is 2. The molecule has 0 amide bonds. The predicted molar refractivity (Wildman–Crippen MR) is 61.5 cm³/mol. The first-order valence-electron chi connectivity index (χ1n) is 4.56. The van der Waals surface area contributed by atoms with Gasteiger partial charge in [0, 0.05) is 11.6 Å². The molecule has 2 nitrogen and oxygen atoms in total. The lowest BCUT2D eigenvalue weighted by Gasteiger charge is -2.06. The molecule has 72 valence electrons. The zero-order valence-electron chi connectivity index (χ0n) is 8.27. The average Bonchev–Trinajstić information content (AvgIpc) is 2.27. The predicted octanol–water partition coefficient (Wildman–Crippen LogP) is 3.05. The maximum atomic E-state index is 4.51. The van der Waals surface area contributed by atoms with Gasteiger partial charge in [-0.05, 0) is 19.2 Å². The molecule has 2 aromatic rings. The Bertz CT molecular complexity index is 442. The molecule has 14 heavy (non-hydrogen) atoms. The molecule has 1 heterocycles. The monoisotopic (exact) mass is 204 g/mol. The lowest BCUT2D eigenvalue weighted by Crippen LogP contribution is -1.96. The summed E-state index contributed by atoms with van der Waals surface area (Å²) in [5, 5.41) is 1.46. The van der Waals surface area contributed by atoms with Gasteiger partial charge in [0.2, 0.25) is 0 Å². The van der Waals surface area contributed by atoms with E-state index in [1.54, 1.807) is 11.8 Å². The van der Waals surface area contributed by atoms with E-state index < -0.39 is 0 Å². The number of rotatable bonds is 2. The van der Waals surface area contributed by atoms with Crippen LogP contribution in [0.5, 0.6) is 0 Å². The van der Waals surface area contributed by atoms with Crippen LogP contribution in [0.1, 0.15) is 18.0 Å². The summed E-state index contributed by atoms with van der Waals surface area (Å²) in [7, 11) is 0. The Morgan fingerprint density at radius 3 is 2.86 bits per heavy atom. The van der Waals surface area contributed by atoms with Gasteiger partial charge in [0.25, 0.3) is 0 Å². The Morgan fingerprint density at radius 1 is 1.29 bits per heavy atom. The van der Waals surface area contributed by atoms with E-state index in [0.717, 1.165) is 16.7 Å². The largest absolute Gasteiger partial charge is 0.240 e. The van der Waals surface area contributed by atoms with Crippen molar-refractivity contribution in [2.75, 3.05) is 6.26 Å². The van der Waals surface area contributed by atoms with Crippen LogP contribution in [-0.4, -0.2) is 16.2 Å². The Kier molecular flexibility index (Phi) is 2.68. The van der Waals surface area contributed by atoms with Crippen molar-refractivity contribution in [2.24, 2.45) is 0 Å². The Hall–Kier alpha value is -1.09. The summed E-state index contributed by atoms with van der Waals surface area (Å²) in [6.45, 7) is 2.12. The standard InChI is InChI=1S/C11H12N2S/c1-8(14-2)11-12-7-9-5-3-4-6-10(9)13-11/h3-8H,1-2H3. The molecule has 2 rings (SSSR count). The average molecular weight is 204 g/mol. The first-order chi connectivity index (χ1) is 6.81. The fourth-order valence-electron chi connectivity index (χ4n) is 1.29. The fraction of sp³-hybridized carbons (Fsp3) is 0.273. The third-order valence-corrected chi connectivity index (χ3v) is 3.14. The molecule has 0 aliphatic heterocycles. The molecule has 0 aliphatic rings. The van der Waals surface area contributed by atoms with Gasteiger partial charge >= 0.3 is 0 Å². The lowest BCUT2D eigenvalue weighted by atomic mass is 10.2. The highest BCUT2D eigenvalue weighted by molar-refractivity contribution is 7.98. The van der Waals surface area contributed by atoms with Crippen LogP contribution < -0.4 is 0 Å². The molecule has 0 radical (unpaired) electrons. The molecule has 0 saturated heterocycles. The first-order valence-corrected chi connectivity index (χ1v) is 5.84. The van der Waals surface area contributed by atoms with Crippen molar-refractivity contribution in [3.63, 3.8) is 0 Å². The van der Waals surface area contributed by atoms with Crippen LogP contribution in [0.15, 0.2) is 30.5 Å². The van der Waals surface area contributed by atoms with Crippen molar-refractivity contribution in [3.05, 3.63) is 36.3 Å². The highest BCUT2D eigenvalue weighted by Crippen LogP contribution is 2.23. The molecule has 1 atom stereocenters. The minimum absolute atomic E-state index is 0.361. The molecule has 0 spiro atoms. The summed E-state index contributed by atoms with van der Waals surface area (Å²) in [5.41, 5.74) is 1.03. The van der Waals surface area contributed by atoms with Crippen LogP contribution in [0.3, 0.4) is 0 Å². The van der Waals surface area contributed by atoms with Gasteiger partial charge in [0.05, 0.1) is 10.8 Å². The van der Waals surface area contributed by atoms with E-state index in [1.165, 1.54) is 0 Å². The van der Waals surface area contributed by atoms with Gasteiger partial charge in [0.1, 0.15) is 5.82 Å². The molecule has 0 fully saturated rings. The molecule has 0 saturated carbocycles. The van der Waals surface area contributed by atoms with Crippen LogP contribution in [0, 0.1) is 0 Å². The zero-order valence-corrected chi connectivity index (χ0v) is 9.08. The number of hydrogen-bond acceptors (Lipinski definition) is 3. The molecule has 0 aliphatic carbocycles. The van der Waals surface area contributed by atoms with Crippen molar-refractivity contribution >= 4 is 22.7 Å². The highest BCUT2D eigenvalue weighted by atomic mass is 32.2. The van der Waals surface area contributed by atoms with Gasteiger partial charge in [-0.25, -0.2) is 9.97 Å². The van der Waals surface area contributed by atoms with Gasteiger partial charge in [-0.1, -0.05) is 18.2 Å². The van der Waals surface area contributed by atoms with Gasteiger partial charge in [0.15, 0.2) is 0 Å². The van der Waals surface area contributed by atoms with Gasteiger partial charge in [-0.2, -0.15) is 11.8 Å². The maximum absolute atomic E-state index is 4.51. The Balaban J connectivity index is 2.51. The third-order valence-electron chi connectivity index (χ3n) is 2.22. The van der Waals surface area contributed by atoms with E-state index in [-0.39, 0.29) is 0 Å². The SMILES string of the molecule is CSC(C)c1ncc2ccccc2n1. The van der Waals surface area contributed by atoms with Crippen molar-refractivity contribution in [3.8, 4) is 0 Å². The lowest BCUT2D eigenvalue weighted by molar-refractivity contribution is 0.940. The molecule has 0 bridgehead atoms. The van der Waals surface area contributed by atoms with Crippen LogP contribution in [-0.2, 0) is 0 Å². The van der Waals surface area contributed by atoms with Gasteiger partial charge in [-0.15, -0.1) is 0 Å². The van der Waals surface area contributed by atoms with Gasteiger partial charge in [-0.3, -0.25) is 0 Å². The Labute approximate surface area is 87.8 Å². The van der Waals surface area contributed by atoms with E-state index in [4.69, 9.17) is 0 Å². The third kappa shape index (κ3) is 1.73. The molecule has 1 aromatic carbocycles. The maximum Gasteiger partial charge on any atom is 0.141 e. The molecule has 1 aromatic heterocycles. The molecule has 1 unspecified atom stereocenters. The second-order valence-electron chi connectivity index (χ2n) is 3.16. The van der Waals surface area contributed by atoms with E-state index in [0.29, 0.717) is 5.25 Å². The number of para-hydroxylation sites is 1. The van der Waals surface area contributed by atoms with Crippen molar-refractivity contribution in [1.82, 2.24) is 9.97 Å².